The van der Waals surface area contributed by atoms with Crippen molar-refractivity contribution in [3.8, 4) is 5.75 Å². The number of primary amides is 1. The predicted molar refractivity (Wildman–Crippen MR) is 111 cm³/mol. The van der Waals surface area contributed by atoms with E-state index in [1.165, 1.54) is 23.3 Å². The molecule has 1 heterocycles. The number of carbonyl (C=O) groups is 1. The number of sulfone groups is 1. The summed E-state index contributed by atoms with van der Waals surface area (Å²) in [6.45, 7) is 3.00. The van der Waals surface area contributed by atoms with Crippen LogP contribution < -0.4 is 10.5 Å². The van der Waals surface area contributed by atoms with Crippen molar-refractivity contribution in [1.29, 1.82) is 0 Å². The zero-order chi connectivity index (χ0) is 20.9. The quantitative estimate of drug-likeness (QED) is 0.667. The molecule has 1 aliphatic rings. The van der Waals surface area contributed by atoms with Gasteiger partial charge in [-0.2, -0.15) is 0 Å². The average molecular weight is 418 g/mol. The van der Waals surface area contributed by atoms with Gasteiger partial charge in [0.1, 0.15) is 5.75 Å². The highest BCUT2D eigenvalue weighted by atomic mass is 32.2. The summed E-state index contributed by atoms with van der Waals surface area (Å²) >= 11 is 0. The predicted octanol–water partition coefficient (Wildman–Crippen LogP) is 2.81. The van der Waals surface area contributed by atoms with Crippen LogP contribution in [0.2, 0.25) is 0 Å². The second kappa shape index (κ2) is 8.97. The minimum atomic E-state index is -3.92. The van der Waals surface area contributed by atoms with Crippen molar-refractivity contribution in [2.24, 2.45) is 5.73 Å². The molecule has 0 unspecified atom stereocenters. The molecule has 0 atom stereocenters. The standard InChI is InChI=1S/C22H27NO5S/c1-17-4-2-5-18(16-17)6-3-13-28-19-7-9-20(10-8-19)29(25,26)22(21(23)24)11-14-27-15-12-22/h2,4-5,7-10,16H,3,6,11-15H2,1H3,(H2,23,24). The van der Waals surface area contributed by atoms with E-state index in [9.17, 15) is 13.2 Å². The van der Waals surface area contributed by atoms with E-state index in [0.717, 1.165) is 12.8 Å². The molecule has 6 nitrogen and oxygen atoms in total. The number of rotatable bonds is 8. The van der Waals surface area contributed by atoms with Gasteiger partial charge in [-0.05, 0) is 62.4 Å². The van der Waals surface area contributed by atoms with Gasteiger partial charge in [-0.3, -0.25) is 4.79 Å². The molecule has 1 fully saturated rings. The second-order valence-corrected chi connectivity index (χ2v) is 9.65. The number of carbonyl (C=O) groups excluding carboxylic acids is 1. The molecule has 29 heavy (non-hydrogen) atoms. The van der Waals surface area contributed by atoms with E-state index in [1.807, 2.05) is 6.07 Å². The summed E-state index contributed by atoms with van der Waals surface area (Å²) in [5, 5.41) is 0. The molecule has 2 N–H and O–H groups in total. The first-order valence-corrected chi connectivity index (χ1v) is 11.2. The Kier molecular flexibility index (Phi) is 6.59. The third kappa shape index (κ3) is 4.62. The Morgan fingerprint density at radius 2 is 1.83 bits per heavy atom. The molecule has 0 aliphatic carbocycles. The molecule has 0 saturated carbocycles. The topological polar surface area (TPSA) is 95.7 Å². The maximum atomic E-state index is 13.1. The van der Waals surface area contributed by atoms with Gasteiger partial charge in [-0.1, -0.05) is 29.8 Å². The normalized spacial score (nSPS) is 16.3. The molecular weight excluding hydrogens is 390 g/mol. The summed E-state index contributed by atoms with van der Waals surface area (Å²) < 4.78 is 35.6. The molecule has 0 radical (unpaired) electrons. The summed E-state index contributed by atoms with van der Waals surface area (Å²) in [4.78, 5) is 12.1. The van der Waals surface area contributed by atoms with E-state index in [4.69, 9.17) is 15.2 Å². The Morgan fingerprint density at radius 3 is 2.45 bits per heavy atom. The highest BCUT2D eigenvalue weighted by Gasteiger charge is 2.51. The highest BCUT2D eigenvalue weighted by Crippen LogP contribution is 2.35. The van der Waals surface area contributed by atoms with Crippen molar-refractivity contribution in [3.05, 3.63) is 59.7 Å². The van der Waals surface area contributed by atoms with Crippen LogP contribution in [0.15, 0.2) is 53.4 Å². The van der Waals surface area contributed by atoms with E-state index in [0.29, 0.717) is 12.4 Å². The van der Waals surface area contributed by atoms with Crippen LogP contribution in [0.25, 0.3) is 0 Å². The number of aryl methyl sites for hydroxylation is 2. The van der Waals surface area contributed by atoms with E-state index in [2.05, 4.69) is 25.1 Å². The van der Waals surface area contributed by atoms with Gasteiger partial charge in [0, 0.05) is 13.2 Å². The van der Waals surface area contributed by atoms with E-state index in [1.54, 1.807) is 12.1 Å². The van der Waals surface area contributed by atoms with Crippen LogP contribution in [0.4, 0.5) is 0 Å². The van der Waals surface area contributed by atoms with Gasteiger partial charge in [0.15, 0.2) is 14.6 Å². The SMILES string of the molecule is Cc1cccc(CCCOc2ccc(S(=O)(=O)C3(C(N)=O)CCOCC3)cc2)c1. The van der Waals surface area contributed by atoms with Gasteiger partial charge < -0.3 is 15.2 Å². The molecule has 156 valence electrons. The Morgan fingerprint density at radius 1 is 1.14 bits per heavy atom. The van der Waals surface area contributed by atoms with E-state index in [-0.39, 0.29) is 31.0 Å². The van der Waals surface area contributed by atoms with Crippen LogP contribution in [0.1, 0.15) is 30.4 Å². The van der Waals surface area contributed by atoms with Gasteiger partial charge in [0.2, 0.25) is 5.91 Å². The number of amides is 1. The third-order valence-corrected chi connectivity index (χ3v) is 7.89. The lowest BCUT2D eigenvalue weighted by molar-refractivity contribution is -0.122. The van der Waals surface area contributed by atoms with Crippen LogP contribution >= 0.6 is 0 Å². The fraction of sp³-hybridized carbons (Fsp3) is 0.409. The van der Waals surface area contributed by atoms with Crippen molar-refractivity contribution < 1.29 is 22.7 Å². The zero-order valence-corrected chi connectivity index (χ0v) is 17.4. The summed E-state index contributed by atoms with van der Waals surface area (Å²) in [5.41, 5.74) is 8.00. The molecule has 1 amide bonds. The smallest absolute Gasteiger partial charge is 0.239 e. The van der Waals surface area contributed by atoms with Gasteiger partial charge in [-0.15, -0.1) is 0 Å². The van der Waals surface area contributed by atoms with E-state index < -0.39 is 20.5 Å². The maximum absolute atomic E-state index is 13.1. The van der Waals surface area contributed by atoms with Gasteiger partial charge in [0.25, 0.3) is 0 Å². The van der Waals surface area contributed by atoms with Crippen molar-refractivity contribution in [2.45, 2.75) is 42.2 Å². The van der Waals surface area contributed by atoms with Gasteiger partial charge in [-0.25, -0.2) is 8.42 Å². The summed E-state index contributed by atoms with van der Waals surface area (Å²) in [6, 6.07) is 14.6. The Hall–Kier alpha value is -2.38. The van der Waals surface area contributed by atoms with Gasteiger partial charge >= 0.3 is 0 Å². The number of ether oxygens (including phenoxy) is 2. The molecule has 2 aromatic carbocycles. The Labute approximate surface area is 171 Å². The van der Waals surface area contributed by atoms with Crippen LogP contribution in [0, 0.1) is 6.92 Å². The lowest BCUT2D eigenvalue weighted by Gasteiger charge is -2.33. The molecule has 0 aromatic heterocycles. The number of nitrogens with two attached hydrogens (primary N) is 1. The van der Waals surface area contributed by atoms with E-state index >= 15 is 0 Å². The second-order valence-electron chi connectivity index (χ2n) is 7.39. The molecule has 0 bridgehead atoms. The number of hydrogen-bond acceptors (Lipinski definition) is 5. The largest absolute Gasteiger partial charge is 0.494 e. The summed E-state index contributed by atoms with van der Waals surface area (Å²) in [6.07, 6.45) is 1.91. The van der Waals surface area contributed by atoms with Crippen molar-refractivity contribution >= 4 is 15.7 Å². The lowest BCUT2D eigenvalue weighted by atomic mass is 9.98. The maximum Gasteiger partial charge on any atom is 0.239 e. The fourth-order valence-corrected chi connectivity index (χ4v) is 5.54. The average Bonchev–Trinajstić information content (AvgIpc) is 2.72. The summed E-state index contributed by atoms with van der Waals surface area (Å²) in [7, 11) is -3.92. The fourth-order valence-electron chi connectivity index (χ4n) is 3.62. The first-order chi connectivity index (χ1) is 13.8. The van der Waals surface area contributed by atoms with Crippen molar-refractivity contribution in [3.63, 3.8) is 0 Å². The summed E-state index contributed by atoms with van der Waals surface area (Å²) in [5.74, 6) is -0.231. The number of hydrogen-bond donors (Lipinski definition) is 1. The third-order valence-electron chi connectivity index (χ3n) is 5.36. The van der Waals surface area contributed by atoms with Gasteiger partial charge in [0.05, 0.1) is 11.5 Å². The molecular formula is C22H27NO5S. The first kappa shape index (κ1) is 21.3. The zero-order valence-electron chi connectivity index (χ0n) is 16.6. The monoisotopic (exact) mass is 417 g/mol. The Bertz CT molecular complexity index is 947. The van der Waals surface area contributed by atoms with Crippen LogP contribution in [0.3, 0.4) is 0 Å². The lowest BCUT2D eigenvalue weighted by Crippen LogP contribution is -2.53. The van der Waals surface area contributed by atoms with Crippen molar-refractivity contribution in [1.82, 2.24) is 0 Å². The molecule has 2 aromatic rings. The first-order valence-electron chi connectivity index (χ1n) is 9.76. The molecule has 1 aliphatic heterocycles. The molecule has 7 heteroatoms. The highest BCUT2D eigenvalue weighted by molar-refractivity contribution is 7.93. The van der Waals surface area contributed by atoms with Crippen LogP contribution in [0.5, 0.6) is 5.75 Å². The van der Waals surface area contributed by atoms with Crippen LogP contribution in [-0.2, 0) is 25.8 Å². The number of benzene rings is 2. The van der Waals surface area contributed by atoms with Crippen LogP contribution in [-0.4, -0.2) is 38.9 Å². The molecule has 0 spiro atoms. The van der Waals surface area contributed by atoms with Crippen molar-refractivity contribution in [2.75, 3.05) is 19.8 Å². The molecule has 3 rings (SSSR count). The minimum absolute atomic E-state index is 0.0713. The Balaban J connectivity index is 1.62. The minimum Gasteiger partial charge on any atom is -0.494 e. The molecule has 1 saturated heterocycles.